The molecular formula is C15H22O. The molecule has 0 saturated heterocycles. The quantitative estimate of drug-likeness (QED) is 0.723. The standard InChI is InChI=1S/C15H22O/c1-4-8-14(15(11-16)12(2)3)13-9-6-5-7-10-13/h4-7,9-10,12,14-16H,1,8,11H2,2-3H3/t14-,15-/m0/s1. The molecule has 2 atom stereocenters. The van der Waals surface area contributed by atoms with Crippen LogP contribution in [0, 0.1) is 11.8 Å². The average Bonchev–Trinajstić information content (AvgIpc) is 2.29. The summed E-state index contributed by atoms with van der Waals surface area (Å²) in [5.74, 6) is 1.17. The molecule has 0 radical (unpaired) electrons. The molecular weight excluding hydrogens is 196 g/mol. The number of rotatable bonds is 6. The fourth-order valence-electron chi connectivity index (χ4n) is 2.24. The summed E-state index contributed by atoms with van der Waals surface area (Å²) in [7, 11) is 0. The molecule has 0 amide bonds. The Morgan fingerprint density at radius 1 is 1.25 bits per heavy atom. The molecule has 1 rings (SSSR count). The van der Waals surface area contributed by atoms with Crippen LogP contribution in [0.15, 0.2) is 43.0 Å². The summed E-state index contributed by atoms with van der Waals surface area (Å²) < 4.78 is 0. The maximum absolute atomic E-state index is 9.52. The summed E-state index contributed by atoms with van der Waals surface area (Å²) in [6.45, 7) is 8.39. The van der Waals surface area contributed by atoms with Crippen LogP contribution < -0.4 is 0 Å². The SMILES string of the molecule is C=CC[C@@H](c1ccccc1)[C@@H](CO)C(C)C. The van der Waals surface area contributed by atoms with Gasteiger partial charge in [0.1, 0.15) is 0 Å². The van der Waals surface area contributed by atoms with E-state index in [1.165, 1.54) is 5.56 Å². The van der Waals surface area contributed by atoms with E-state index in [0.29, 0.717) is 17.8 Å². The predicted molar refractivity (Wildman–Crippen MR) is 69.4 cm³/mol. The van der Waals surface area contributed by atoms with E-state index < -0.39 is 0 Å². The number of benzene rings is 1. The van der Waals surface area contributed by atoms with E-state index in [0.717, 1.165) is 6.42 Å². The van der Waals surface area contributed by atoms with Crippen molar-refractivity contribution in [2.75, 3.05) is 6.61 Å². The van der Waals surface area contributed by atoms with Crippen molar-refractivity contribution < 1.29 is 5.11 Å². The number of allylic oxidation sites excluding steroid dienone is 1. The third kappa shape index (κ3) is 3.21. The maximum Gasteiger partial charge on any atom is 0.0467 e. The molecule has 0 heterocycles. The molecule has 0 fully saturated rings. The molecule has 0 spiro atoms. The Kier molecular flexibility index (Phi) is 5.27. The van der Waals surface area contributed by atoms with E-state index in [4.69, 9.17) is 0 Å². The first-order valence-corrected chi connectivity index (χ1v) is 5.97. The lowest BCUT2D eigenvalue weighted by molar-refractivity contribution is 0.164. The minimum atomic E-state index is 0.241. The minimum absolute atomic E-state index is 0.241. The molecule has 1 nitrogen and oxygen atoms in total. The van der Waals surface area contributed by atoms with Gasteiger partial charge in [0.05, 0.1) is 0 Å². The predicted octanol–water partition coefficient (Wildman–Crippen LogP) is 3.61. The number of hydrogen-bond acceptors (Lipinski definition) is 1. The highest BCUT2D eigenvalue weighted by Crippen LogP contribution is 2.32. The van der Waals surface area contributed by atoms with Crippen LogP contribution in [-0.2, 0) is 0 Å². The van der Waals surface area contributed by atoms with Crippen LogP contribution >= 0.6 is 0 Å². The molecule has 0 bridgehead atoms. The van der Waals surface area contributed by atoms with E-state index in [9.17, 15) is 5.11 Å². The monoisotopic (exact) mass is 218 g/mol. The molecule has 1 aromatic rings. The molecule has 0 aromatic heterocycles. The first-order chi connectivity index (χ1) is 7.70. The highest BCUT2D eigenvalue weighted by atomic mass is 16.3. The van der Waals surface area contributed by atoms with Crippen LogP contribution in [0.5, 0.6) is 0 Å². The Balaban J connectivity index is 2.93. The van der Waals surface area contributed by atoms with E-state index in [2.05, 4.69) is 44.7 Å². The first-order valence-electron chi connectivity index (χ1n) is 5.97. The summed E-state index contributed by atoms with van der Waals surface area (Å²) in [5.41, 5.74) is 1.30. The lowest BCUT2D eigenvalue weighted by Gasteiger charge is -2.28. The van der Waals surface area contributed by atoms with Crippen LogP contribution in [0.2, 0.25) is 0 Å². The second-order valence-electron chi connectivity index (χ2n) is 4.63. The largest absolute Gasteiger partial charge is 0.396 e. The molecule has 16 heavy (non-hydrogen) atoms. The van der Waals surface area contributed by atoms with Gasteiger partial charge >= 0.3 is 0 Å². The van der Waals surface area contributed by atoms with Crippen molar-refractivity contribution in [2.24, 2.45) is 11.8 Å². The summed E-state index contributed by atoms with van der Waals surface area (Å²) in [4.78, 5) is 0. The van der Waals surface area contributed by atoms with E-state index in [1.54, 1.807) is 0 Å². The zero-order valence-corrected chi connectivity index (χ0v) is 10.3. The van der Waals surface area contributed by atoms with Gasteiger partial charge < -0.3 is 5.11 Å². The van der Waals surface area contributed by atoms with Crippen molar-refractivity contribution in [1.82, 2.24) is 0 Å². The van der Waals surface area contributed by atoms with Crippen molar-refractivity contribution in [1.29, 1.82) is 0 Å². The highest BCUT2D eigenvalue weighted by Gasteiger charge is 2.24. The fourth-order valence-corrected chi connectivity index (χ4v) is 2.24. The number of aliphatic hydroxyl groups is 1. The highest BCUT2D eigenvalue weighted by molar-refractivity contribution is 5.21. The topological polar surface area (TPSA) is 20.2 Å². The van der Waals surface area contributed by atoms with Gasteiger partial charge in [0.2, 0.25) is 0 Å². The summed E-state index contributed by atoms with van der Waals surface area (Å²) >= 11 is 0. The molecule has 1 heteroatoms. The Hall–Kier alpha value is -1.08. The van der Waals surface area contributed by atoms with Crippen molar-refractivity contribution in [3.8, 4) is 0 Å². The normalized spacial score (nSPS) is 14.8. The van der Waals surface area contributed by atoms with Crippen molar-refractivity contribution in [2.45, 2.75) is 26.2 Å². The van der Waals surface area contributed by atoms with Gasteiger partial charge in [-0.05, 0) is 29.7 Å². The molecule has 0 aliphatic carbocycles. The van der Waals surface area contributed by atoms with Gasteiger partial charge in [0, 0.05) is 6.61 Å². The van der Waals surface area contributed by atoms with Gasteiger partial charge in [-0.15, -0.1) is 6.58 Å². The molecule has 0 aliphatic rings. The third-order valence-corrected chi connectivity index (χ3v) is 3.23. The van der Waals surface area contributed by atoms with Crippen molar-refractivity contribution in [3.63, 3.8) is 0 Å². The third-order valence-electron chi connectivity index (χ3n) is 3.23. The maximum atomic E-state index is 9.52. The van der Waals surface area contributed by atoms with E-state index in [1.807, 2.05) is 12.1 Å². The lowest BCUT2D eigenvalue weighted by atomic mass is 9.78. The zero-order valence-electron chi connectivity index (χ0n) is 10.3. The zero-order chi connectivity index (χ0) is 12.0. The van der Waals surface area contributed by atoms with Gasteiger partial charge in [-0.2, -0.15) is 0 Å². The Bertz CT molecular complexity index is 302. The first kappa shape index (κ1) is 13.0. The van der Waals surface area contributed by atoms with Crippen LogP contribution in [0.1, 0.15) is 31.7 Å². The molecule has 0 aliphatic heterocycles. The summed E-state index contributed by atoms with van der Waals surface area (Å²) in [6.07, 6.45) is 2.87. The smallest absolute Gasteiger partial charge is 0.0467 e. The number of hydrogen-bond donors (Lipinski definition) is 1. The van der Waals surface area contributed by atoms with Crippen LogP contribution in [0.3, 0.4) is 0 Å². The molecule has 1 N–H and O–H groups in total. The average molecular weight is 218 g/mol. The second-order valence-corrected chi connectivity index (χ2v) is 4.63. The van der Waals surface area contributed by atoms with Crippen LogP contribution in [0.25, 0.3) is 0 Å². The van der Waals surface area contributed by atoms with Gasteiger partial charge in [-0.3, -0.25) is 0 Å². The second kappa shape index (κ2) is 6.49. The Morgan fingerprint density at radius 2 is 1.88 bits per heavy atom. The van der Waals surface area contributed by atoms with Gasteiger partial charge in [0.15, 0.2) is 0 Å². The van der Waals surface area contributed by atoms with E-state index in [-0.39, 0.29) is 6.61 Å². The van der Waals surface area contributed by atoms with Gasteiger partial charge in [-0.25, -0.2) is 0 Å². The number of aliphatic hydroxyl groups excluding tert-OH is 1. The fraction of sp³-hybridized carbons (Fsp3) is 0.467. The molecule has 0 saturated carbocycles. The molecule has 88 valence electrons. The van der Waals surface area contributed by atoms with Crippen molar-refractivity contribution in [3.05, 3.63) is 48.6 Å². The minimum Gasteiger partial charge on any atom is -0.396 e. The lowest BCUT2D eigenvalue weighted by Crippen LogP contribution is -2.22. The Labute approximate surface area is 98.8 Å². The molecule has 0 unspecified atom stereocenters. The molecule has 1 aromatic carbocycles. The van der Waals surface area contributed by atoms with Crippen LogP contribution in [-0.4, -0.2) is 11.7 Å². The van der Waals surface area contributed by atoms with E-state index >= 15 is 0 Å². The van der Waals surface area contributed by atoms with Crippen LogP contribution in [0.4, 0.5) is 0 Å². The summed E-state index contributed by atoms with van der Waals surface area (Å²) in [6, 6.07) is 10.4. The summed E-state index contributed by atoms with van der Waals surface area (Å²) in [5, 5.41) is 9.52. The Morgan fingerprint density at radius 3 is 2.31 bits per heavy atom. The van der Waals surface area contributed by atoms with Crippen molar-refractivity contribution >= 4 is 0 Å². The van der Waals surface area contributed by atoms with Gasteiger partial charge in [-0.1, -0.05) is 50.3 Å². The van der Waals surface area contributed by atoms with Gasteiger partial charge in [0.25, 0.3) is 0 Å².